The van der Waals surface area contributed by atoms with E-state index in [1.807, 2.05) is 41.4 Å². The molecule has 6 unspecified atom stereocenters. The fourth-order valence-electron chi connectivity index (χ4n) is 10.6. The van der Waals surface area contributed by atoms with E-state index in [0.717, 1.165) is 67.3 Å². The second-order valence-electron chi connectivity index (χ2n) is 20.8. The largest absolute Gasteiger partial charge is 0.491 e. The summed E-state index contributed by atoms with van der Waals surface area (Å²) < 4.78 is 25.2. The number of ether oxygens (including phenoxy) is 4. The van der Waals surface area contributed by atoms with E-state index < -0.39 is 0 Å². The lowest BCUT2D eigenvalue weighted by Gasteiger charge is -2.26. The average Bonchev–Trinajstić information content (AvgIpc) is 3.39. The van der Waals surface area contributed by atoms with Gasteiger partial charge in [0, 0.05) is 54.9 Å². The molecule has 0 N–H and O–H groups in total. The monoisotopic (exact) mass is 1010 g/mol. The van der Waals surface area contributed by atoms with E-state index in [-0.39, 0.29) is 35.1 Å². The van der Waals surface area contributed by atoms with E-state index in [1.54, 1.807) is 0 Å². The molecule has 0 aromatic heterocycles. The van der Waals surface area contributed by atoms with Gasteiger partial charge in [0.05, 0.1) is 24.4 Å². The Morgan fingerprint density at radius 1 is 0.514 bits per heavy atom. The molecule has 0 radical (unpaired) electrons. The normalized spacial score (nSPS) is 18.8. The highest BCUT2D eigenvalue weighted by Crippen LogP contribution is 2.42. The SMILES string of the molecule is CCC(Cc1cc2cc(c1)OC(C)CC(C)O2)Sc1ccc(C(c2ccc(SCc3c4ccccc4cc4ccccc34)cc2)c2ccc(SC(C)(C)Cc3cc4cc(c3)OC(C)CCC(C)O4)cc2)cc1. The Kier molecular flexibility index (Phi) is 15.5. The first-order valence-corrected chi connectivity index (χ1v) is 28.7. The molecule has 0 amide bonds. The lowest BCUT2D eigenvalue weighted by molar-refractivity contribution is 0.120. The van der Waals surface area contributed by atoms with Gasteiger partial charge in [-0.25, -0.2) is 0 Å². The van der Waals surface area contributed by atoms with E-state index in [1.165, 1.54) is 69.6 Å². The zero-order valence-corrected chi connectivity index (χ0v) is 45.3. The summed E-state index contributed by atoms with van der Waals surface area (Å²) in [6, 6.07) is 60.9. The molecule has 8 aromatic carbocycles. The number of rotatable bonds is 15. The highest BCUT2D eigenvalue weighted by molar-refractivity contribution is 8.00. The van der Waals surface area contributed by atoms with Crippen LogP contribution in [0.3, 0.4) is 0 Å². The van der Waals surface area contributed by atoms with Gasteiger partial charge in [-0.05, 0) is 181 Å². The van der Waals surface area contributed by atoms with Crippen LogP contribution < -0.4 is 18.9 Å². The summed E-state index contributed by atoms with van der Waals surface area (Å²) in [6.07, 6.45) is 6.28. The Balaban J connectivity index is 0.893. The number of benzene rings is 8. The third-order valence-electron chi connectivity index (χ3n) is 14.0. The number of hydrogen-bond acceptors (Lipinski definition) is 7. The molecule has 4 nitrogen and oxygen atoms in total. The van der Waals surface area contributed by atoms with Crippen molar-refractivity contribution in [3.63, 3.8) is 0 Å². The second kappa shape index (κ2) is 22.3. The van der Waals surface area contributed by atoms with Gasteiger partial charge in [-0.15, -0.1) is 35.3 Å². The molecule has 4 bridgehead atoms. The third kappa shape index (κ3) is 12.5. The standard InChI is InChI=1S/C65H68O4S3/c1-8-57(36-46-32-53-38-54(33-46)69-45(5)31-44(4)68-53)71-59-27-21-49(22-28-59)64(48-19-25-58(26-20-48)70-41-63-61-15-11-9-13-51(61)37-52-14-10-12-16-62(52)63)50-23-29-60(30-24-50)72-65(6,7)40-47-34-55-39-56(35-47)67-43(3)18-17-42(2)66-55/h9-16,19-30,32-35,37-39,42-45,57,64H,8,17-18,31,36,40-41H2,1-7H3. The van der Waals surface area contributed by atoms with Crippen LogP contribution >= 0.6 is 35.3 Å². The van der Waals surface area contributed by atoms with E-state index in [4.69, 9.17) is 18.9 Å². The third-order valence-corrected chi connectivity index (χ3v) is 17.6. The molecule has 8 aromatic rings. The molecule has 0 saturated heterocycles. The van der Waals surface area contributed by atoms with Crippen LogP contribution in [0.5, 0.6) is 23.0 Å². The van der Waals surface area contributed by atoms with Gasteiger partial charge in [-0.3, -0.25) is 0 Å². The quantitative estimate of drug-likeness (QED) is 0.0575. The molecule has 2 heterocycles. The first kappa shape index (κ1) is 50.1. The Morgan fingerprint density at radius 2 is 0.972 bits per heavy atom. The van der Waals surface area contributed by atoms with Gasteiger partial charge in [0.2, 0.25) is 0 Å². The first-order chi connectivity index (χ1) is 34.9. The Labute approximate surface area is 441 Å². The van der Waals surface area contributed by atoms with Crippen LogP contribution in [-0.4, -0.2) is 34.4 Å². The molecular weight excluding hydrogens is 941 g/mol. The van der Waals surface area contributed by atoms with Crippen molar-refractivity contribution in [3.05, 3.63) is 197 Å². The molecule has 2 aliphatic rings. The summed E-state index contributed by atoms with van der Waals surface area (Å²) in [7, 11) is 0. The summed E-state index contributed by atoms with van der Waals surface area (Å²) in [4.78, 5) is 3.81. The van der Waals surface area contributed by atoms with Crippen molar-refractivity contribution in [3.8, 4) is 23.0 Å². The maximum atomic E-state index is 6.35. The molecule has 0 saturated carbocycles. The van der Waals surface area contributed by atoms with Crippen LogP contribution in [-0.2, 0) is 18.6 Å². The lowest BCUT2D eigenvalue weighted by atomic mass is 9.85. The average molecular weight is 1010 g/mol. The van der Waals surface area contributed by atoms with Gasteiger partial charge in [0.25, 0.3) is 0 Å². The zero-order chi connectivity index (χ0) is 49.8. The van der Waals surface area contributed by atoms with Gasteiger partial charge in [0.15, 0.2) is 0 Å². The highest BCUT2D eigenvalue weighted by Gasteiger charge is 2.25. The molecule has 370 valence electrons. The fraction of sp³-hybridized carbons (Fsp3) is 0.323. The predicted molar refractivity (Wildman–Crippen MR) is 306 cm³/mol. The summed E-state index contributed by atoms with van der Waals surface area (Å²) in [5.41, 5.74) is 7.74. The van der Waals surface area contributed by atoms with Gasteiger partial charge in [-0.2, -0.15) is 0 Å². The fourth-order valence-corrected chi connectivity index (χ4v) is 13.8. The van der Waals surface area contributed by atoms with Crippen molar-refractivity contribution in [2.45, 2.75) is 148 Å². The van der Waals surface area contributed by atoms with Crippen molar-refractivity contribution >= 4 is 56.8 Å². The molecular formula is C65H68O4S3. The van der Waals surface area contributed by atoms with Gasteiger partial charge in [-0.1, -0.05) is 106 Å². The van der Waals surface area contributed by atoms with Gasteiger partial charge in [0.1, 0.15) is 23.0 Å². The molecule has 0 spiro atoms. The Hall–Kier alpha value is -5.47. The summed E-state index contributed by atoms with van der Waals surface area (Å²) >= 11 is 5.81. The van der Waals surface area contributed by atoms with Crippen LogP contribution in [0.25, 0.3) is 21.5 Å². The zero-order valence-electron chi connectivity index (χ0n) is 42.9. The molecule has 0 aliphatic carbocycles. The van der Waals surface area contributed by atoms with Crippen LogP contribution in [0.15, 0.2) is 178 Å². The molecule has 10 rings (SSSR count). The maximum Gasteiger partial charge on any atom is 0.123 e. The first-order valence-electron chi connectivity index (χ1n) is 26.0. The molecule has 72 heavy (non-hydrogen) atoms. The van der Waals surface area contributed by atoms with Gasteiger partial charge >= 0.3 is 0 Å². The van der Waals surface area contributed by atoms with Crippen LogP contribution in [0, 0.1) is 0 Å². The van der Waals surface area contributed by atoms with Crippen molar-refractivity contribution in [2.24, 2.45) is 0 Å². The molecule has 7 heteroatoms. The minimum Gasteiger partial charge on any atom is -0.491 e. The Bertz CT molecular complexity index is 3000. The summed E-state index contributed by atoms with van der Waals surface area (Å²) in [5, 5.41) is 5.66. The molecule has 6 atom stereocenters. The Morgan fingerprint density at radius 3 is 1.49 bits per heavy atom. The smallest absolute Gasteiger partial charge is 0.123 e. The topological polar surface area (TPSA) is 36.9 Å². The van der Waals surface area contributed by atoms with Crippen LogP contribution in [0.1, 0.15) is 113 Å². The highest BCUT2D eigenvalue weighted by atomic mass is 32.2. The van der Waals surface area contributed by atoms with Crippen molar-refractivity contribution in [1.29, 1.82) is 0 Å². The molecule has 2 aliphatic heterocycles. The van der Waals surface area contributed by atoms with E-state index >= 15 is 0 Å². The lowest BCUT2D eigenvalue weighted by Crippen LogP contribution is -2.24. The van der Waals surface area contributed by atoms with Crippen LogP contribution in [0.2, 0.25) is 0 Å². The molecule has 0 fully saturated rings. The second-order valence-corrected chi connectivity index (χ2v) is 25.0. The van der Waals surface area contributed by atoms with Crippen LogP contribution in [0.4, 0.5) is 0 Å². The van der Waals surface area contributed by atoms with Gasteiger partial charge < -0.3 is 18.9 Å². The number of thioether (sulfide) groups is 3. The van der Waals surface area contributed by atoms with E-state index in [9.17, 15) is 0 Å². The van der Waals surface area contributed by atoms with Crippen molar-refractivity contribution in [2.75, 3.05) is 0 Å². The number of fused-ring (bicyclic) bond motifs is 6. The minimum atomic E-state index is -0.0676. The maximum absolute atomic E-state index is 6.35. The number of hydrogen-bond donors (Lipinski definition) is 0. The van der Waals surface area contributed by atoms with E-state index in [0.29, 0.717) is 5.25 Å². The van der Waals surface area contributed by atoms with E-state index in [2.05, 4.69) is 206 Å². The minimum absolute atomic E-state index is 0.0669. The summed E-state index contributed by atoms with van der Waals surface area (Å²) in [5.74, 6) is 4.58. The predicted octanol–water partition coefficient (Wildman–Crippen LogP) is 18.0. The van der Waals surface area contributed by atoms with Crippen molar-refractivity contribution < 1.29 is 18.9 Å². The van der Waals surface area contributed by atoms with Crippen molar-refractivity contribution in [1.82, 2.24) is 0 Å². The summed E-state index contributed by atoms with van der Waals surface area (Å²) in [6.45, 7) is 15.6.